The Morgan fingerprint density at radius 3 is 1.35 bits per heavy atom. The zero-order valence-corrected chi connectivity index (χ0v) is 44.8. The summed E-state index contributed by atoms with van der Waals surface area (Å²) in [5.74, 6) is -0.226. The van der Waals surface area contributed by atoms with E-state index in [-0.39, 0.29) is 12.5 Å². The number of likely N-dealkylation sites (N-methyl/N-ethyl adjacent to an activating group) is 1. The van der Waals surface area contributed by atoms with Crippen LogP contribution in [0.25, 0.3) is 0 Å². The highest BCUT2D eigenvalue weighted by Crippen LogP contribution is 2.38. The van der Waals surface area contributed by atoms with Crippen molar-refractivity contribution < 1.29 is 32.9 Å². The van der Waals surface area contributed by atoms with Crippen molar-refractivity contribution in [1.82, 2.24) is 5.32 Å². The number of nitrogens with zero attached hydrogens (tertiary/aromatic N) is 1. The quantitative estimate of drug-likeness (QED) is 0.0272. The molecule has 66 heavy (non-hydrogen) atoms. The molecule has 8 nitrogen and oxygen atoms in total. The van der Waals surface area contributed by atoms with Crippen LogP contribution in [0.3, 0.4) is 0 Å². The first kappa shape index (κ1) is 64.2. The van der Waals surface area contributed by atoms with Crippen molar-refractivity contribution in [3.8, 4) is 0 Å². The fourth-order valence-corrected chi connectivity index (χ4v) is 8.53. The molecular weight excluding hydrogens is 840 g/mol. The minimum atomic E-state index is -4.61. The molecule has 0 saturated heterocycles. The number of phosphoric acid groups is 1. The Labute approximate surface area is 409 Å². The molecular formula is C57H107N2O6P. The van der Waals surface area contributed by atoms with Gasteiger partial charge in [-0.05, 0) is 77.0 Å². The molecule has 3 unspecified atom stereocenters. The monoisotopic (exact) mass is 947 g/mol. The lowest BCUT2D eigenvalue weighted by molar-refractivity contribution is -0.870. The predicted octanol–water partition coefficient (Wildman–Crippen LogP) is 15.9. The highest BCUT2D eigenvalue weighted by molar-refractivity contribution is 7.45. The molecule has 9 heteroatoms. The van der Waals surface area contributed by atoms with Gasteiger partial charge in [-0.15, -0.1) is 0 Å². The number of carbonyl (C=O) groups excluding carboxylic acids is 1. The number of aliphatic hydroxyl groups excluding tert-OH is 1. The van der Waals surface area contributed by atoms with Crippen LogP contribution in [0.2, 0.25) is 0 Å². The first-order valence-electron chi connectivity index (χ1n) is 27.7. The number of amides is 1. The van der Waals surface area contributed by atoms with Crippen molar-refractivity contribution in [2.24, 2.45) is 0 Å². The predicted molar refractivity (Wildman–Crippen MR) is 284 cm³/mol. The van der Waals surface area contributed by atoms with Crippen LogP contribution in [-0.4, -0.2) is 68.5 Å². The van der Waals surface area contributed by atoms with Crippen molar-refractivity contribution in [2.45, 2.75) is 257 Å². The number of nitrogens with one attached hydrogen (secondary N) is 1. The number of carbonyl (C=O) groups is 1. The maximum atomic E-state index is 12.9. The molecule has 0 aliphatic rings. The molecule has 0 radical (unpaired) electrons. The molecule has 0 rings (SSSR count). The Morgan fingerprint density at radius 1 is 0.530 bits per heavy atom. The molecule has 2 N–H and O–H groups in total. The van der Waals surface area contributed by atoms with Gasteiger partial charge in [0.1, 0.15) is 13.2 Å². The first-order chi connectivity index (χ1) is 32.0. The molecule has 0 aromatic heterocycles. The Balaban J connectivity index is 4.27. The van der Waals surface area contributed by atoms with E-state index in [1.165, 1.54) is 154 Å². The fourth-order valence-electron chi connectivity index (χ4n) is 7.80. The van der Waals surface area contributed by atoms with Gasteiger partial charge in [-0.25, -0.2) is 0 Å². The van der Waals surface area contributed by atoms with Gasteiger partial charge in [-0.1, -0.05) is 222 Å². The molecule has 0 aliphatic heterocycles. The SMILES string of the molecule is CCCCC/C=C\C/C=C\CCCCCCCC(=O)NC(COP(=O)([O-])OCC[N+](C)(C)C)C(O)/C=C/CC/C=C/CC/C=C/CCCCCCCCCCCCCCCCCCCCC. The molecule has 0 aromatic carbocycles. The summed E-state index contributed by atoms with van der Waals surface area (Å²) in [5, 5.41) is 13.8. The smallest absolute Gasteiger partial charge is 0.268 e. The summed E-state index contributed by atoms with van der Waals surface area (Å²) in [5.41, 5.74) is 0. The normalized spacial score (nSPS) is 14.5. The van der Waals surface area contributed by atoms with E-state index in [2.05, 4.69) is 67.8 Å². The topological polar surface area (TPSA) is 108 Å². The van der Waals surface area contributed by atoms with E-state index in [0.717, 1.165) is 70.6 Å². The molecule has 0 aromatic rings. The van der Waals surface area contributed by atoms with Crippen LogP contribution >= 0.6 is 7.82 Å². The van der Waals surface area contributed by atoms with E-state index in [1.807, 2.05) is 27.2 Å². The van der Waals surface area contributed by atoms with Crippen molar-refractivity contribution in [3.63, 3.8) is 0 Å². The third kappa shape index (κ3) is 50.1. The molecule has 386 valence electrons. The highest BCUT2D eigenvalue weighted by atomic mass is 31.2. The molecule has 3 atom stereocenters. The Bertz CT molecular complexity index is 1260. The third-order valence-electron chi connectivity index (χ3n) is 12.2. The number of unbranched alkanes of at least 4 members (excludes halogenated alkanes) is 29. The van der Waals surface area contributed by atoms with Crippen LogP contribution in [0.5, 0.6) is 0 Å². The van der Waals surface area contributed by atoms with Crippen molar-refractivity contribution >= 4 is 13.7 Å². The van der Waals surface area contributed by atoms with E-state index in [4.69, 9.17) is 9.05 Å². The number of hydrogen-bond donors (Lipinski definition) is 2. The lowest BCUT2D eigenvalue weighted by Crippen LogP contribution is -2.45. The van der Waals surface area contributed by atoms with E-state index < -0.39 is 26.6 Å². The van der Waals surface area contributed by atoms with Gasteiger partial charge < -0.3 is 28.8 Å². The summed E-state index contributed by atoms with van der Waals surface area (Å²) in [6, 6.07) is -0.919. The van der Waals surface area contributed by atoms with Gasteiger partial charge in [0.2, 0.25) is 5.91 Å². The van der Waals surface area contributed by atoms with E-state index >= 15 is 0 Å². The van der Waals surface area contributed by atoms with Crippen molar-refractivity contribution in [1.29, 1.82) is 0 Å². The number of allylic oxidation sites excluding steroid dienone is 9. The van der Waals surface area contributed by atoms with Gasteiger partial charge in [-0.2, -0.15) is 0 Å². The lowest BCUT2D eigenvalue weighted by Gasteiger charge is -2.29. The summed E-state index contributed by atoms with van der Waals surface area (Å²) in [7, 11) is 1.22. The highest BCUT2D eigenvalue weighted by Gasteiger charge is 2.23. The average molecular weight is 947 g/mol. The standard InChI is InChI=1S/C57H107N2O6P/c1-6-8-10-12-14-16-18-20-22-23-24-25-26-27-28-29-30-31-32-33-34-35-37-38-40-42-44-46-48-50-56(60)55(54-65-66(62,63)64-53-52-59(3,4)5)58-57(61)51-49-47-45-43-41-39-36-21-19-17-15-13-11-9-7-2/h15,17,21,34-36,40,42,48,50,55-56,60H,6-14,16,18-20,22-33,37-39,41,43-47,49,51-54H2,1-5H3,(H-,58,61,62,63)/b17-15-,35-34+,36-21-,42-40+,50-48+. The Morgan fingerprint density at radius 2 is 0.894 bits per heavy atom. The average Bonchev–Trinajstić information content (AvgIpc) is 3.28. The van der Waals surface area contributed by atoms with Crippen molar-refractivity contribution in [2.75, 3.05) is 40.9 Å². The van der Waals surface area contributed by atoms with Crippen LogP contribution < -0.4 is 10.2 Å². The maximum Gasteiger partial charge on any atom is 0.268 e. The minimum Gasteiger partial charge on any atom is -0.756 e. The summed E-state index contributed by atoms with van der Waals surface area (Å²) in [6.07, 6.45) is 64.5. The van der Waals surface area contributed by atoms with Crippen LogP contribution in [0.1, 0.15) is 245 Å². The van der Waals surface area contributed by atoms with E-state index in [1.54, 1.807) is 6.08 Å². The first-order valence-corrected chi connectivity index (χ1v) is 29.1. The molecule has 0 aliphatic carbocycles. The minimum absolute atomic E-state index is 0.0138. The largest absolute Gasteiger partial charge is 0.756 e. The number of rotatable bonds is 50. The molecule has 1 amide bonds. The summed E-state index contributed by atoms with van der Waals surface area (Å²) < 4.78 is 23.3. The van der Waals surface area contributed by atoms with Gasteiger partial charge in [0.15, 0.2) is 0 Å². The second kappa shape index (κ2) is 48.2. The lowest BCUT2D eigenvalue weighted by atomic mass is 10.0. The van der Waals surface area contributed by atoms with Crippen LogP contribution in [0, 0.1) is 0 Å². The van der Waals surface area contributed by atoms with Gasteiger partial charge in [0, 0.05) is 6.42 Å². The van der Waals surface area contributed by atoms with E-state index in [0.29, 0.717) is 17.4 Å². The van der Waals surface area contributed by atoms with E-state index in [9.17, 15) is 19.4 Å². The summed E-state index contributed by atoms with van der Waals surface area (Å²) in [6.45, 7) is 4.59. The number of phosphoric ester groups is 1. The Kier molecular flexibility index (Phi) is 46.9. The number of aliphatic hydroxyl groups is 1. The number of quaternary nitrogens is 1. The summed E-state index contributed by atoms with van der Waals surface area (Å²) >= 11 is 0. The van der Waals surface area contributed by atoms with Gasteiger partial charge in [-0.3, -0.25) is 9.36 Å². The zero-order valence-electron chi connectivity index (χ0n) is 43.9. The Hall–Kier alpha value is -1.80. The molecule has 0 fully saturated rings. The van der Waals surface area contributed by atoms with Crippen molar-refractivity contribution in [3.05, 3.63) is 60.8 Å². The third-order valence-corrected chi connectivity index (χ3v) is 13.1. The second-order valence-electron chi connectivity index (χ2n) is 19.9. The second-order valence-corrected chi connectivity index (χ2v) is 21.3. The van der Waals surface area contributed by atoms with Gasteiger partial charge in [0.25, 0.3) is 7.82 Å². The number of hydrogen-bond acceptors (Lipinski definition) is 6. The maximum absolute atomic E-state index is 12.9. The van der Waals surface area contributed by atoms with Crippen LogP contribution in [-0.2, 0) is 18.4 Å². The molecule has 0 bridgehead atoms. The molecule has 0 saturated carbocycles. The van der Waals surface area contributed by atoms with Gasteiger partial charge in [0.05, 0.1) is 39.9 Å². The fraction of sp³-hybridized carbons (Fsp3) is 0.807. The summed E-state index contributed by atoms with van der Waals surface area (Å²) in [4.78, 5) is 25.4. The van der Waals surface area contributed by atoms with Crippen LogP contribution in [0.4, 0.5) is 0 Å². The zero-order chi connectivity index (χ0) is 48.5. The van der Waals surface area contributed by atoms with Crippen LogP contribution in [0.15, 0.2) is 60.8 Å². The molecule has 0 heterocycles. The molecule has 0 spiro atoms. The van der Waals surface area contributed by atoms with Gasteiger partial charge >= 0.3 is 0 Å².